The van der Waals surface area contributed by atoms with E-state index in [1.807, 2.05) is 50.2 Å². The molecular formula is C27H30N6O3. The molecule has 0 radical (unpaired) electrons. The van der Waals surface area contributed by atoms with Gasteiger partial charge in [0.15, 0.2) is 5.75 Å². The number of aryl methyl sites for hydroxylation is 2. The van der Waals surface area contributed by atoms with Crippen molar-refractivity contribution in [3.8, 4) is 16.9 Å². The van der Waals surface area contributed by atoms with E-state index >= 15 is 0 Å². The number of anilines is 1. The van der Waals surface area contributed by atoms with Gasteiger partial charge in [-0.3, -0.25) is 14.3 Å². The van der Waals surface area contributed by atoms with Gasteiger partial charge in [0, 0.05) is 44.9 Å². The Kier molecular flexibility index (Phi) is 5.43. The number of imidazole rings is 1. The number of carbonyl (C=O) groups is 1. The van der Waals surface area contributed by atoms with Gasteiger partial charge in [0.05, 0.1) is 22.5 Å². The lowest BCUT2D eigenvalue weighted by atomic mass is 10.0. The molecule has 0 bridgehead atoms. The molecule has 1 saturated heterocycles. The molecular weight excluding hydrogens is 456 g/mol. The molecule has 9 heteroatoms. The minimum absolute atomic E-state index is 0.101. The van der Waals surface area contributed by atoms with Gasteiger partial charge in [0.25, 0.3) is 0 Å². The highest BCUT2D eigenvalue weighted by Crippen LogP contribution is 2.46. The molecule has 3 aromatic heterocycles. The number of pyridine rings is 1. The Labute approximate surface area is 209 Å². The van der Waals surface area contributed by atoms with E-state index in [0.29, 0.717) is 6.61 Å². The van der Waals surface area contributed by atoms with Crippen LogP contribution in [0.1, 0.15) is 43.0 Å². The number of hydrogen-bond donors (Lipinski definition) is 0. The first kappa shape index (κ1) is 22.6. The van der Waals surface area contributed by atoms with Crippen molar-refractivity contribution in [2.24, 2.45) is 0 Å². The van der Waals surface area contributed by atoms with Crippen molar-refractivity contribution in [2.45, 2.75) is 45.7 Å². The summed E-state index contributed by atoms with van der Waals surface area (Å²) >= 11 is 0. The van der Waals surface area contributed by atoms with E-state index in [4.69, 9.17) is 14.2 Å². The molecule has 9 nitrogen and oxygen atoms in total. The Morgan fingerprint density at radius 2 is 1.94 bits per heavy atom. The van der Waals surface area contributed by atoms with Gasteiger partial charge >= 0.3 is 0 Å². The van der Waals surface area contributed by atoms with Crippen molar-refractivity contribution in [3.05, 3.63) is 53.7 Å². The minimum atomic E-state index is -0.101. The summed E-state index contributed by atoms with van der Waals surface area (Å²) in [4.78, 5) is 25.9. The van der Waals surface area contributed by atoms with Crippen LogP contribution in [0.5, 0.6) is 5.75 Å². The third-order valence-electron chi connectivity index (χ3n) is 7.61. The first-order valence-corrected chi connectivity index (χ1v) is 12.4. The lowest BCUT2D eigenvalue weighted by Gasteiger charge is -2.38. The standard InChI is InChI=1S/C27H30N6O3/c1-16-24(17(2)36-30-16)20-8-9-22-25-26(20)35-15-23(21-7-5-6-12-28-21)33(25)27(29-22)32-13-10-19(11-14-32)31(4)18(3)34/h5-9,12,19,23H,10-11,13-15H2,1-4H3. The van der Waals surface area contributed by atoms with Gasteiger partial charge in [-0.2, -0.15) is 0 Å². The van der Waals surface area contributed by atoms with Gasteiger partial charge < -0.3 is 19.1 Å². The molecule has 5 heterocycles. The number of amides is 1. The summed E-state index contributed by atoms with van der Waals surface area (Å²) in [6, 6.07) is 10.2. The van der Waals surface area contributed by atoms with Crippen molar-refractivity contribution in [3.63, 3.8) is 0 Å². The smallest absolute Gasteiger partial charge is 0.219 e. The average Bonchev–Trinajstić information content (AvgIpc) is 3.45. The van der Waals surface area contributed by atoms with Gasteiger partial charge in [0.2, 0.25) is 11.9 Å². The SMILES string of the molecule is CC(=O)N(C)C1CCN(c2nc3ccc(-c4c(C)noc4C)c4c3n2C(c2ccccn2)CO4)CC1. The normalized spacial score (nSPS) is 17.9. The monoisotopic (exact) mass is 486 g/mol. The minimum Gasteiger partial charge on any atom is -0.488 e. The largest absolute Gasteiger partial charge is 0.488 e. The molecule has 1 amide bonds. The first-order valence-electron chi connectivity index (χ1n) is 12.4. The number of carbonyl (C=O) groups excluding carboxylic acids is 1. The summed E-state index contributed by atoms with van der Waals surface area (Å²) in [6.07, 6.45) is 3.63. The average molecular weight is 487 g/mol. The van der Waals surface area contributed by atoms with Crippen LogP contribution in [0.25, 0.3) is 22.2 Å². The van der Waals surface area contributed by atoms with Gasteiger partial charge in [-0.05, 0) is 51.0 Å². The number of aromatic nitrogens is 4. The lowest BCUT2D eigenvalue weighted by molar-refractivity contribution is -0.129. The predicted molar refractivity (Wildman–Crippen MR) is 136 cm³/mol. The van der Waals surface area contributed by atoms with E-state index in [1.54, 1.807) is 6.92 Å². The molecule has 0 aliphatic carbocycles. The molecule has 2 aliphatic heterocycles. The van der Waals surface area contributed by atoms with Gasteiger partial charge in [-0.25, -0.2) is 4.98 Å². The van der Waals surface area contributed by atoms with Crippen LogP contribution in [0.2, 0.25) is 0 Å². The Bertz CT molecular complexity index is 1420. The van der Waals surface area contributed by atoms with Crippen LogP contribution >= 0.6 is 0 Å². The molecule has 36 heavy (non-hydrogen) atoms. The molecule has 1 unspecified atom stereocenters. The summed E-state index contributed by atoms with van der Waals surface area (Å²) in [5, 5.41) is 4.16. The van der Waals surface area contributed by atoms with Crippen LogP contribution in [-0.4, -0.2) is 63.3 Å². The third kappa shape index (κ3) is 3.53. The lowest BCUT2D eigenvalue weighted by Crippen LogP contribution is -2.46. The van der Waals surface area contributed by atoms with E-state index in [0.717, 1.165) is 76.9 Å². The zero-order valence-electron chi connectivity index (χ0n) is 21.1. The molecule has 2 aliphatic rings. The van der Waals surface area contributed by atoms with Gasteiger partial charge in [-0.1, -0.05) is 11.2 Å². The highest BCUT2D eigenvalue weighted by molar-refractivity contribution is 5.94. The Hall–Kier alpha value is -3.88. The number of rotatable bonds is 4. The second-order valence-corrected chi connectivity index (χ2v) is 9.72. The molecule has 0 saturated carbocycles. The maximum absolute atomic E-state index is 11.9. The van der Waals surface area contributed by atoms with E-state index in [-0.39, 0.29) is 18.0 Å². The number of ether oxygens (including phenoxy) is 1. The quantitative estimate of drug-likeness (QED) is 0.428. The Morgan fingerprint density at radius 3 is 2.61 bits per heavy atom. The van der Waals surface area contributed by atoms with Crippen LogP contribution in [0.3, 0.4) is 0 Å². The Morgan fingerprint density at radius 1 is 1.14 bits per heavy atom. The van der Waals surface area contributed by atoms with E-state index < -0.39 is 0 Å². The topological polar surface area (TPSA) is 89.5 Å². The third-order valence-corrected chi connectivity index (χ3v) is 7.61. The molecule has 186 valence electrons. The molecule has 1 fully saturated rings. The van der Waals surface area contributed by atoms with Gasteiger partial charge in [0.1, 0.15) is 23.9 Å². The van der Waals surface area contributed by atoms with Crippen LogP contribution in [-0.2, 0) is 4.79 Å². The number of benzene rings is 1. The van der Waals surface area contributed by atoms with Crippen molar-refractivity contribution in [2.75, 3.05) is 31.6 Å². The molecule has 0 spiro atoms. The summed E-state index contributed by atoms with van der Waals surface area (Å²) in [5.74, 6) is 2.60. The van der Waals surface area contributed by atoms with Crippen LogP contribution in [0.4, 0.5) is 5.95 Å². The van der Waals surface area contributed by atoms with Crippen LogP contribution in [0.15, 0.2) is 41.1 Å². The van der Waals surface area contributed by atoms with Crippen LogP contribution < -0.4 is 9.64 Å². The zero-order valence-corrected chi connectivity index (χ0v) is 21.1. The molecule has 6 rings (SSSR count). The molecule has 1 atom stereocenters. The fourth-order valence-electron chi connectivity index (χ4n) is 5.61. The van der Waals surface area contributed by atoms with Crippen molar-refractivity contribution < 1.29 is 14.1 Å². The molecule has 0 N–H and O–H groups in total. The summed E-state index contributed by atoms with van der Waals surface area (Å²) in [7, 11) is 1.90. The second kappa shape index (κ2) is 8.65. The number of piperidine rings is 1. The summed E-state index contributed by atoms with van der Waals surface area (Å²) in [6.45, 7) is 7.62. The predicted octanol–water partition coefficient (Wildman–Crippen LogP) is 4.13. The number of nitrogens with zero attached hydrogens (tertiary/aromatic N) is 6. The summed E-state index contributed by atoms with van der Waals surface area (Å²) < 4.78 is 14.2. The number of hydrogen-bond acceptors (Lipinski definition) is 7. The van der Waals surface area contributed by atoms with Gasteiger partial charge in [-0.15, -0.1) is 0 Å². The first-order chi connectivity index (χ1) is 17.4. The second-order valence-electron chi connectivity index (χ2n) is 9.72. The van der Waals surface area contributed by atoms with Crippen molar-refractivity contribution in [1.29, 1.82) is 0 Å². The highest BCUT2D eigenvalue weighted by Gasteiger charge is 2.35. The molecule has 1 aromatic carbocycles. The maximum atomic E-state index is 11.9. The zero-order chi connectivity index (χ0) is 25.0. The fraction of sp³-hybridized carbons (Fsp3) is 0.407. The van der Waals surface area contributed by atoms with Crippen LogP contribution in [0, 0.1) is 13.8 Å². The van der Waals surface area contributed by atoms with Crippen molar-refractivity contribution in [1.82, 2.24) is 24.6 Å². The Balaban J connectivity index is 1.48. The van der Waals surface area contributed by atoms with Crippen molar-refractivity contribution >= 4 is 22.9 Å². The summed E-state index contributed by atoms with van der Waals surface area (Å²) in [5.41, 5.74) is 5.56. The fourth-order valence-corrected chi connectivity index (χ4v) is 5.61. The van der Waals surface area contributed by atoms with E-state index in [1.165, 1.54) is 0 Å². The maximum Gasteiger partial charge on any atom is 0.219 e. The van der Waals surface area contributed by atoms with E-state index in [2.05, 4.69) is 31.7 Å². The van der Waals surface area contributed by atoms with E-state index in [9.17, 15) is 4.79 Å². The molecule has 4 aromatic rings. The highest BCUT2D eigenvalue weighted by atomic mass is 16.5.